The minimum Gasteiger partial charge on any atom is -0.497 e. The Morgan fingerprint density at radius 1 is 1.19 bits per heavy atom. The van der Waals surface area contributed by atoms with Crippen LogP contribution >= 0.6 is 23.1 Å². The van der Waals surface area contributed by atoms with Crippen LogP contribution in [0.2, 0.25) is 0 Å². The van der Waals surface area contributed by atoms with Crippen LogP contribution in [0.15, 0.2) is 52.9 Å². The molecule has 1 heterocycles. The first-order valence-corrected chi connectivity index (χ1v) is 9.87. The van der Waals surface area contributed by atoms with Crippen molar-refractivity contribution in [1.82, 2.24) is 10.2 Å². The highest BCUT2D eigenvalue weighted by molar-refractivity contribution is 8.01. The summed E-state index contributed by atoms with van der Waals surface area (Å²) >= 11 is 2.75. The molecule has 0 spiro atoms. The predicted molar refractivity (Wildman–Crippen MR) is 105 cm³/mol. The molecule has 142 valence electrons. The molecule has 0 radical (unpaired) electrons. The molecular weight excluding hydrogens is 389 g/mol. The minimum atomic E-state index is -0.753. The second-order valence-corrected chi connectivity index (χ2v) is 7.68. The summed E-state index contributed by atoms with van der Waals surface area (Å²) in [4.78, 5) is 0. The summed E-state index contributed by atoms with van der Waals surface area (Å²) in [5.41, 5.74) is 0.877. The largest absolute Gasteiger partial charge is 0.497 e. The molecule has 0 fully saturated rings. The Kier molecular flexibility index (Phi) is 6.86. The van der Waals surface area contributed by atoms with E-state index in [0.717, 1.165) is 15.8 Å². The number of ether oxygens (including phenoxy) is 2. The Bertz CT molecular complexity index is 861. The molecule has 3 aromatic rings. The normalized spacial score (nSPS) is 11.8. The third-order valence-corrected chi connectivity index (χ3v) is 5.53. The van der Waals surface area contributed by atoms with Crippen LogP contribution in [0.4, 0.5) is 15.2 Å². The fourth-order valence-corrected chi connectivity index (χ4v) is 3.78. The van der Waals surface area contributed by atoms with E-state index in [1.807, 2.05) is 24.3 Å². The van der Waals surface area contributed by atoms with Crippen molar-refractivity contribution in [3.05, 3.63) is 54.3 Å². The van der Waals surface area contributed by atoms with Crippen LogP contribution in [0, 0.1) is 5.82 Å². The molecule has 0 bridgehead atoms. The monoisotopic (exact) mass is 407 g/mol. The van der Waals surface area contributed by atoms with Crippen LogP contribution in [-0.4, -0.2) is 40.9 Å². The number of nitrogens with zero attached hydrogens (tertiary/aromatic N) is 2. The first kappa shape index (κ1) is 19.4. The Balaban J connectivity index is 1.45. The molecule has 0 amide bonds. The van der Waals surface area contributed by atoms with Gasteiger partial charge in [-0.3, -0.25) is 0 Å². The lowest BCUT2D eigenvalue weighted by Gasteiger charge is -2.11. The molecule has 0 aliphatic carbocycles. The number of halogens is 1. The number of hydrogen-bond acceptors (Lipinski definition) is 8. The summed E-state index contributed by atoms with van der Waals surface area (Å²) in [7, 11) is 1.62. The maximum Gasteiger partial charge on any atom is 0.210 e. The number of aliphatic hydroxyl groups is 1. The van der Waals surface area contributed by atoms with E-state index in [-0.39, 0.29) is 12.4 Å². The molecule has 0 saturated heterocycles. The van der Waals surface area contributed by atoms with Crippen molar-refractivity contribution in [2.75, 3.05) is 24.8 Å². The number of aromatic nitrogens is 2. The topological polar surface area (TPSA) is 76.5 Å². The minimum absolute atomic E-state index is 0.00366. The number of para-hydroxylation sites is 1. The van der Waals surface area contributed by atoms with Gasteiger partial charge in [-0.15, -0.1) is 10.2 Å². The first-order valence-electron chi connectivity index (χ1n) is 8.07. The van der Waals surface area contributed by atoms with E-state index in [1.165, 1.54) is 35.2 Å². The lowest BCUT2D eigenvalue weighted by atomic mass is 10.3. The molecule has 0 aliphatic rings. The smallest absolute Gasteiger partial charge is 0.210 e. The number of nitrogens with one attached hydrogen (secondary N) is 1. The van der Waals surface area contributed by atoms with Gasteiger partial charge in [0.25, 0.3) is 0 Å². The van der Waals surface area contributed by atoms with Gasteiger partial charge < -0.3 is 19.9 Å². The molecule has 1 aromatic heterocycles. The number of hydrogen-bond donors (Lipinski definition) is 2. The molecule has 0 unspecified atom stereocenters. The summed E-state index contributed by atoms with van der Waals surface area (Å²) in [6.07, 6.45) is -0.753. The average Bonchev–Trinajstić information content (AvgIpc) is 3.13. The molecular formula is C18H18FN3O3S2. The van der Waals surface area contributed by atoms with Gasteiger partial charge >= 0.3 is 0 Å². The molecule has 0 aliphatic heterocycles. The van der Waals surface area contributed by atoms with Crippen LogP contribution in [0.5, 0.6) is 11.5 Å². The molecule has 0 saturated carbocycles. The van der Waals surface area contributed by atoms with Crippen LogP contribution in [0.3, 0.4) is 0 Å². The summed E-state index contributed by atoms with van der Waals surface area (Å²) in [6.45, 7) is 0.00366. The zero-order valence-corrected chi connectivity index (χ0v) is 16.1. The van der Waals surface area contributed by atoms with E-state index in [2.05, 4.69) is 15.5 Å². The maximum absolute atomic E-state index is 13.5. The Labute approximate surface area is 164 Å². The van der Waals surface area contributed by atoms with Crippen molar-refractivity contribution in [3.8, 4) is 11.5 Å². The third kappa shape index (κ3) is 5.81. The molecule has 2 aromatic carbocycles. The molecule has 9 heteroatoms. The van der Waals surface area contributed by atoms with E-state index in [4.69, 9.17) is 9.47 Å². The standard InChI is InChI=1S/C18H18FN3O3S2/c1-24-14-8-6-12(7-9-14)20-17-21-22-18(27-17)26-11-13(23)10-25-16-5-3-2-4-15(16)19/h2-9,13,23H,10-11H2,1H3,(H,20,21)/t13-/m0/s1. The predicted octanol–water partition coefficient (Wildman–Crippen LogP) is 3.96. The van der Waals surface area contributed by atoms with Gasteiger partial charge in [0.05, 0.1) is 13.2 Å². The second kappa shape index (κ2) is 9.54. The van der Waals surface area contributed by atoms with Crippen molar-refractivity contribution in [1.29, 1.82) is 0 Å². The van der Waals surface area contributed by atoms with Crippen LogP contribution in [-0.2, 0) is 0 Å². The number of methoxy groups -OCH3 is 1. The highest BCUT2D eigenvalue weighted by atomic mass is 32.2. The SMILES string of the molecule is COc1ccc(Nc2nnc(SC[C@@H](O)COc3ccccc3F)s2)cc1. The van der Waals surface area contributed by atoms with Gasteiger partial charge in [0.1, 0.15) is 12.4 Å². The molecule has 1 atom stereocenters. The van der Waals surface area contributed by atoms with Gasteiger partial charge in [0.2, 0.25) is 5.13 Å². The second-order valence-electron chi connectivity index (χ2n) is 5.43. The summed E-state index contributed by atoms with van der Waals surface area (Å²) in [5.74, 6) is 0.825. The number of aliphatic hydroxyl groups excluding tert-OH is 1. The van der Waals surface area contributed by atoms with Gasteiger partial charge in [-0.25, -0.2) is 4.39 Å². The Hall–Kier alpha value is -2.36. The van der Waals surface area contributed by atoms with Crippen molar-refractivity contribution >= 4 is 33.9 Å². The van der Waals surface area contributed by atoms with Crippen LogP contribution in [0.1, 0.15) is 0 Å². The fourth-order valence-electron chi connectivity index (χ4n) is 2.08. The summed E-state index contributed by atoms with van der Waals surface area (Å²) in [6, 6.07) is 13.6. The van der Waals surface area contributed by atoms with Crippen LogP contribution < -0.4 is 14.8 Å². The highest BCUT2D eigenvalue weighted by Gasteiger charge is 2.11. The van der Waals surface area contributed by atoms with Gasteiger partial charge in [-0.2, -0.15) is 0 Å². The van der Waals surface area contributed by atoms with Crippen molar-refractivity contribution in [2.24, 2.45) is 0 Å². The zero-order chi connectivity index (χ0) is 19.1. The highest BCUT2D eigenvalue weighted by Crippen LogP contribution is 2.28. The van der Waals surface area contributed by atoms with Gasteiger partial charge in [0.15, 0.2) is 15.9 Å². The van der Waals surface area contributed by atoms with E-state index >= 15 is 0 Å². The van der Waals surface area contributed by atoms with Crippen LogP contribution in [0.25, 0.3) is 0 Å². The first-order chi connectivity index (χ1) is 13.1. The molecule has 3 rings (SSSR count). The van der Waals surface area contributed by atoms with E-state index < -0.39 is 11.9 Å². The zero-order valence-electron chi connectivity index (χ0n) is 14.5. The molecule has 27 heavy (non-hydrogen) atoms. The molecule has 2 N–H and O–H groups in total. The van der Waals surface area contributed by atoms with Gasteiger partial charge in [-0.05, 0) is 36.4 Å². The molecule has 6 nitrogen and oxygen atoms in total. The number of rotatable bonds is 9. The quantitative estimate of drug-likeness (QED) is 0.520. The van der Waals surface area contributed by atoms with Crippen molar-refractivity contribution < 1.29 is 19.0 Å². The number of benzene rings is 2. The summed E-state index contributed by atoms with van der Waals surface area (Å²) < 4.78 is 24.6. The average molecular weight is 407 g/mol. The Morgan fingerprint density at radius 3 is 2.70 bits per heavy atom. The maximum atomic E-state index is 13.5. The van der Waals surface area contributed by atoms with Gasteiger partial charge in [0, 0.05) is 11.4 Å². The summed E-state index contributed by atoms with van der Waals surface area (Å²) in [5, 5.41) is 22.0. The van der Waals surface area contributed by atoms with Crippen molar-refractivity contribution in [3.63, 3.8) is 0 Å². The van der Waals surface area contributed by atoms with Gasteiger partial charge in [-0.1, -0.05) is 35.2 Å². The Morgan fingerprint density at radius 2 is 1.96 bits per heavy atom. The van der Waals surface area contributed by atoms with E-state index in [0.29, 0.717) is 10.9 Å². The van der Waals surface area contributed by atoms with E-state index in [1.54, 1.807) is 19.2 Å². The number of anilines is 2. The van der Waals surface area contributed by atoms with E-state index in [9.17, 15) is 9.50 Å². The fraction of sp³-hybridized carbons (Fsp3) is 0.222. The van der Waals surface area contributed by atoms with Crippen molar-refractivity contribution in [2.45, 2.75) is 10.4 Å². The lowest BCUT2D eigenvalue weighted by molar-refractivity contribution is 0.123. The third-order valence-electron chi connectivity index (χ3n) is 3.41. The lowest BCUT2D eigenvalue weighted by Crippen LogP contribution is -2.20. The number of thioether (sulfide) groups is 1.